The maximum Gasteiger partial charge on any atom is 0.375 e. The molecule has 1 amide bonds. The summed E-state index contributed by atoms with van der Waals surface area (Å²) in [6.45, 7) is 3.18. The predicted octanol–water partition coefficient (Wildman–Crippen LogP) is 2.92. The fraction of sp³-hybridized carbons (Fsp3) is 0.200. The Labute approximate surface area is 163 Å². The fourth-order valence-electron chi connectivity index (χ4n) is 2.49. The Kier molecular flexibility index (Phi) is 5.70. The van der Waals surface area contributed by atoms with Crippen molar-refractivity contribution in [2.75, 3.05) is 0 Å². The van der Waals surface area contributed by atoms with Gasteiger partial charge >= 0.3 is 5.97 Å². The maximum atomic E-state index is 12.5. The number of hydrogen-bond donors (Lipinski definition) is 1. The lowest BCUT2D eigenvalue weighted by Crippen LogP contribution is -2.24. The quantitative estimate of drug-likeness (QED) is 0.505. The molecule has 144 valence electrons. The number of fused-ring (bicyclic) bond motifs is 1. The first kappa shape index (κ1) is 19.5. The molecule has 2 aromatic heterocycles. The molecule has 3 rings (SSSR count). The van der Waals surface area contributed by atoms with E-state index in [4.69, 9.17) is 9.15 Å². The van der Waals surface area contributed by atoms with Crippen LogP contribution in [0.3, 0.4) is 0 Å². The minimum absolute atomic E-state index is 0.166. The lowest BCUT2D eigenvalue weighted by Gasteiger charge is -2.11. The summed E-state index contributed by atoms with van der Waals surface area (Å²) in [6.07, 6.45) is -1.06. The molecule has 1 N–H and O–H groups in total. The van der Waals surface area contributed by atoms with E-state index in [0.29, 0.717) is 16.8 Å². The van der Waals surface area contributed by atoms with Gasteiger partial charge in [0.2, 0.25) is 17.5 Å². The lowest BCUT2D eigenvalue weighted by atomic mass is 10.2. The fourth-order valence-corrected chi connectivity index (χ4v) is 3.46. The largest absolute Gasteiger partial charge is 0.449 e. The maximum absolute atomic E-state index is 12.5. The van der Waals surface area contributed by atoms with Gasteiger partial charge in [-0.3, -0.25) is 14.4 Å². The second-order valence-corrected chi connectivity index (χ2v) is 7.23. The van der Waals surface area contributed by atoms with Crippen molar-refractivity contribution in [1.29, 1.82) is 0 Å². The van der Waals surface area contributed by atoms with Crippen LogP contribution in [0, 0.1) is 0 Å². The molecule has 1 aromatic carbocycles. The van der Waals surface area contributed by atoms with Gasteiger partial charge in [-0.1, -0.05) is 12.1 Å². The summed E-state index contributed by atoms with van der Waals surface area (Å²) in [5.41, 5.74) is -0.101. The third kappa shape index (κ3) is 4.34. The van der Waals surface area contributed by atoms with Gasteiger partial charge in [-0.15, -0.1) is 11.3 Å². The molecule has 0 fully saturated rings. The molecule has 3 aromatic rings. The summed E-state index contributed by atoms with van der Waals surface area (Å²) in [6, 6.07) is 10.9. The molecule has 1 atom stereocenters. The van der Waals surface area contributed by atoms with Crippen molar-refractivity contribution in [3.63, 3.8) is 0 Å². The molecule has 0 aliphatic carbocycles. The minimum atomic E-state index is -1.06. The van der Waals surface area contributed by atoms with Crippen LogP contribution in [0.5, 0.6) is 0 Å². The van der Waals surface area contributed by atoms with E-state index >= 15 is 0 Å². The molecular formula is C20H17NO6S. The number of rotatable bonds is 6. The molecular weight excluding hydrogens is 382 g/mol. The van der Waals surface area contributed by atoms with Gasteiger partial charge in [0.05, 0.1) is 16.8 Å². The van der Waals surface area contributed by atoms with E-state index in [1.54, 1.807) is 36.4 Å². The van der Waals surface area contributed by atoms with Crippen molar-refractivity contribution in [1.82, 2.24) is 5.32 Å². The summed E-state index contributed by atoms with van der Waals surface area (Å²) in [5, 5.41) is 3.00. The Balaban J connectivity index is 1.71. The topological polar surface area (TPSA) is 103 Å². The molecule has 1 unspecified atom stereocenters. The highest BCUT2D eigenvalue weighted by Gasteiger charge is 2.23. The number of carbonyl (C=O) groups excluding carboxylic acids is 3. The number of benzene rings is 1. The zero-order valence-electron chi connectivity index (χ0n) is 15.2. The van der Waals surface area contributed by atoms with Gasteiger partial charge in [-0.05, 0) is 31.2 Å². The highest BCUT2D eigenvalue weighted by molar-refractivity contribution is 7.14. The zero-order chi connectivity index (χ0) is 20.3. The molecule has 28 heavy (non-hydrogen) atoms. The number of thiophene rings is 1. The zero-order valence-corrected chi connectivity index (χ0v) is 16.0. The number of nitrogens with one attached hydrogen (secondary N) is 1. The number of hydrogen-bond acceptors (Lipinski definition) is 7. The summed E-state index contributed by atoms with van der Waals surface area (Å²) < 4.78 is 10.6. The van der Waals surface area contributed by atoms with Crippen LogP contribution in [0.1, 0.15) is 39.0 Å². The third-order valence-corrected chi connectivity index (χ3v) is 5.00. The Morgan fingerprint density at radius 2 is 1.93 bits per heavy atom. The van der Waals surface area contributed by atoms with Crippen LogP contribution < -0.4 is 10.7 Å². The molecule has 0 saturated carbocycles. The van der Waals surface area contributed by atoms with Crippen molar-refractivity contribution >= 4 is 40.0 Å². The molecule has 7 nitrogen and oxygen atoms in total. The molecule has 0 bridgehead atoms. The van der Waals surface area contributed by atoms with Crippen LogP contribution in [-0.2, 0) is 16.1 Å². The summed E-state index contributed by atoms with van der Waals surface area (Å²) >= 11 is 1.21. The van der Waals surface area contributed by atoms with Gasteiger partial charge in [-0.25, -0.2) is 4.79 Å². The number of ether oxygens (including phenoxy) is 1. The molecule has 2 heterocycles. The first-order chi connectivity index (χ1) is 13.3. The first-order valence-electron chi connectivity index (χ1n) is 8.46. The molecule has 0 radical (unpaired) electrons. The molecule has 0 aliphatic heterocycles. The van der Waals surface area contributed by atoms with Crippen molar-refractivity contribution in [3.05, 3.63) is 68.2 Å². The van der Waals surface area contributed by atoms with Crippen LogP contribution in [0.15, 0.2) is 51.7 Å². The highest BCUT2D eigenvalue weighted by Crippen LogP contribution is 2.20. The predicted molar refractivity (Wildman–Crippen MR) is 104 cm³/mol. The minimum Gasteiger partial charge on any atom is -0.449 e. The normalized spacial score (nSPS) is 11.8. The number of ketones is 1. The summed E-state index contributed by atoms with van der Waals surface area (Å²) in [7, 11) is 0. The first-order valence-corrected chi connectivity index (χ1v) is 9.28. The van der Waals surface area contributed by atoms with E-state index in [1.165, 1.54) is 25.2 Å². The number of carbonyl (C=O) groups is 3. The SMILES string of the molecule is CC(=O)NCc1ccc(C(=O)C(C)OC(=O)c2cc(=O)c3ccccc3o2)s1. The van der Waals surface area contributed by atoms with Crippen LogP contribution in [-0.4, -0.2) is 23.8 Å². The monoisotopic (exact) mass is 399 g/mol. The number of amides is 1. The molecule has 0 spiro atoms. The Bertz CT molecular complexity index is 1110. The Morgan fingerprint density at radius 1 is 1.18 bits per heavy atom. The van der Waals surface area contributed by atoms with Gasteiger partial charge in [0.1, 0.15) is 5.58 Å². The van der Waals surface area contributed by atoms with Gasteiger partial charge < -0.3 is 14.5 Å². The second kappa shape index (κ2) is 8.18. The van der Waals surface area contributed by atoms with Crippen molar-refractivity contribution < 1.29 is 23.5 Å². The third-order valence-electron chi connectivity index (χ3n) is 3.90. The van der Waals surface area contributed by atoms with Gasteiger partial charge in [0.15, 0.2) is 11.5 Å². The van der Waals surface area contributed by atoms with Crippen molar-refractivity contribution in [2.24, 2.45) is 0 Å². The Morgan fingerprint density at radius 3 is 2.68 bits per heavy atom. The van der Waals surface area contributed by atoms with Gasteiger partial charge in [0.25, 0.3) is 0 Å². The van der Waals surface area contributed by atoms with E-state index in [-0.39, 0.29) is 28.5 Å². The standard InChI is InChI=1S/C20H17NO6S/c1-11(19(24)18-8-7-13(28-18)10-21-12(2)22)26-20(25)17-9-15(23)14-5-3-4-6-16(14)27-17/h3-9,11H,10H2,1-2H3,(H,21,22). The van der Waals surface area contributed by atoms with Crippen molar-refractivity contribution in [2.45, 2.75) is 26.5 Å². The number of esters is 1. The lowest BCUT2D eigenvalue weighted by molar-refractivity contribution is -0.119. The van der Waals surface area contributed by atoms with Crippen LogP contribution in [0.2, 0.25) is 0 Å². The summed E-state index contributed by atoms with van der Waals surface area (Å²) in [5.74, 6) is -1.70. The van der Waals surface area contributed by atoms with Crippen molar-refractivity contribution in [3.8, 4) is 0 Å². The van der Waals surface area contributed by atoms with Gasteiger partial charge in [-0.2, -0.15) is 0 Å². The smallest absolute Gasteiger partial charge is 0.375 e. The summed E-state index contributed by atoms with van der Waals surface area (Å²) in [4.78, 5) is 49.1. The molecule has 0 saturated heterocycles. The van der Waals surface area contributed by atoms with E-state index < -0.39 is 12.1 Å². The Hall–Kier alpha value is -3.26. The number of Topliss-reactive ketones (excluding diaryl/α,β-unsaturated/α-hetero) is 1. The van der Waals surface area contributed by atoms with E-state index in [9.17, 15) is 19.2 Å². The average Bonchev–Trinajstić information content (AvgIpc) is 3.14. The van der Waals surface area contributed by atoms with E-state index in [1.807, 2.05) is 0 Å². The second-order valence-electron chi connectivity index (χ2n) is 6.06. The number of para-hydroxylation sites is 1. The van der Waals surface area contributed by atoms with E-state index in [2.05, 4.69) is 5.32 Å². The van der Waals surface area contributed by atoms with Crippen LogP contribution in [0.25, 0.3) is 11.0 Å². The van der Waals surface area contributed by atoms with E-state index in [0.717, 1.165) is 10.9 Å². The molecule has 0 aliphatic rings. The van der Waals surface area contributed by atoms with Crippen LogP contribution >= 0.6 is 11.3 Å². The van der Waals surface area contributed by atoms with Gasteiger partial charge in [0, 0.05) is 17.9 Å². The average molecular weight is 399 g/mol. The molecule has 8 heteroatoms. The highest BCUT2D eigenvalue weighted by atomic mass is 32.1. The van der Waals surface area contributed by atoms with Crippen LogP contribution in [0.4, 0.5) is 0 Å².